The molecule has 2 aromatic rings. The fourth-order valence-electron chi connectivity index (χ4n) is 3.13. The van der Waals surface area contributed by atoms with Crippen molar-refractivity contribution in [1.29, 1.82) is 5.41 Å². The molecule has 1 fully saturated rings. The molecule has 0 atom stereocenters. The number of benzene rings is 1. The van der Waals surface area contributed by atoms with Gasteiger partial charge < -0.3 is 22.1 Å². The number of aliphatic imine (C=N–C) groups is 1. The minimum Gasteiger partial charge on any atom is -0.385 e. The number of pyridine rings is 1. The van der Waals surface area contributed by atoms with Crippen molar-refractivity contribution in [3.8, 4) is 0 Å². The number of rotatable bonds is 5. The van der Waals surface area contributed by atoms with Gasteiger partial charge >= 0.3 is 0 Å². The Bertz CT molecular complexity index is 857. The number of piperidine rings is 1. The zero-order chi connectivity index (χ0) is 19.3. The zero-order valence-electron chi connectivity index (χ0n) is 14.9. The van der Waals surface area contributed by atoms with Crippen LogP contribution in [-0.2, 0) is 0 Å². The molecule has 7 N–H and O–H groups in total. The molecule has 0 saturated carbocycles. The Hall–Kier alpha value is -3.26. The van der Waals surface area contributed by atoms with Crippen LogP contribution < -0.4 is 22.1 Å². The molecule has 1 aromatic carbocycles. The van der Waals surface area contributed by atoms with Crippen molar-refractivity contribution in [3.05, 3.63) is 59.9 Å². The van der Waals surface area contributed by atoms with E-state index in [0.717, 1.165) is 18.8 Å². The molecule has 0 bridgehead atoms. The first-order valence-corrected chi connectivity index (χ1v) is 8.72. The summed E-state index contributed by atoms with van der Waals surface area (Å²) >= 11 is 0. The van der Waals surface area contributed by atoms with Gasteiger partial charge in [-0.2, -0.15) is 0 Å². The van der Waals surface area contributed by atoms with E-state index in [1.165, 1.54) is 0 Å². The molecule has 2 heterocycles. The molecule has 0 spiro atoms. The van der Waals surface area contributed by atoms with E-state index < -0.39 is 11.4 Å². The zero-order valence-corrected chi connectivity index (χ0v) is 14.9. The van der Waals surface area contributed by atoms with Gasteiger partial charge in [0.05, 0.1) is 5.54 Å². The summed E-state index contributed by atoms with van der Waals surface area (Å²) in [5.41, 5.74) is 13.0. The monoisotopic (exact) mass is 365 g/mol. The maximum atomic E-state index is 11.5. The minimum absolute atomic E-state index is 0.0838. The number of anilines is 1. The molecule has 3 rings (SSSR count). The summed E-state index contributed by atoms with van der Waals surface area (Å²) in [6.45, 7) is 1.53. The molecule has 1 aromatic heterocycles. The predicted octanol–water partition coefficient (Wildman–Crippen LogP) is 1.10. The lowest BCUT2D eigenvalue weighted by atomic mass is 9.86. The number of nitrogens with zero attached hydrogens (tertiary/aromatic N) is 2. The van der Waals surface area contributed by atoms with E-state index in [2.05, 4.69) is 20.6 Å². The number of amides is 1. The van der Waals surface area contributed by atoms with Crippen LogP contribution >= 0.6 is 0 Å². The minimum atomic E-state index is -0.610. The second-order valence-electron chi connectivity index (χ2n) is 6.48. The van der Waals surface area contributed by atoms with Gasteiger partial charge in [0, 0.05) is 29.2 Å². The van der Waals surface area contributed by atoms with Crippen molar-refractivity contribution in [1.82, 2.24) is 10.3 Å². The van der Waals surface area contributed by atoms with Crippen molar-refractivity contribution >= 4 is 23.3 Å². The van der Waals surface area contributed by atoms with Crippen LogP contribution in [0.15, 0.2) is 53.8 Å². The highest BCUT2D eigenvalue weighted by atomic mass is 16.1. The molecule has 0 aliphatic carbocycles. The van der Waals surface area contributed by atoms with Crippen LogP contribution in [0.1, 0.15) is 28.8 Å². The second-order valence-corrected chi connectivity index (χ2v) is 6.48. The van der Waals surface area contributed by atoms with Crippen LogP contribution in [0.4, 0.5) is 5.69 Å². The Labute approximate surface area is 157 Å². The highest BCUT2D eigenvalue weighted by Gasteiger charge is 2.36. The number of hydrogen-bond donors (Lipinski definition) is 5. The molecule has 27 heavy (non-hydrogen) atoms. The first kappa shape index (κ1) is 18.5. The van der Waals surface area contributed by atoms with E-state index in [1.54, 1.807) is 42.7 Å². The molecule has 140 valence electrons. The first-order valence-electron chi connectivity index (χ1n) is 8.72. The van der Waals surface area contributed by atoms with Crippen molar-refractivity contribution in [2.45, 2.75) is 18.4 Å². The van der Waals surface area contributed by atoms with Gasteiger partial charge in [0.2, 0.25) is 5.91 Å². The maximum Gasteiger partial charge on any atom is 0.248 e. The summed E-state index contributed by atoms with van der Waals surface area (Å²) in [7, 11) is 0. The fraction of sp³-hybridized carbons (Fsp3) is 0.263. The maximum absolute atomic E-state index is 11.5. The van der Waals surface area contributed by atoms with Crippen LogP contribution in [0.3, 0.4) is 0 Å². The average Bonchev–Trinajstić information content (AvgIpc) is 2.69. The number of nitrogens with one attached hydrogen (secondary N) is 3. The number of primary amides is 1. The second kappa shape index (κ2) is 7.96. The number of nitrogens with two attached hydrogens (primary N) is 2. The number of carbonyl (C=O) groups excluding carboxylic acids is 1. The van der Waals surface area contributed by atoms with E-state index in [4.69, 9.17) is 16.9 Å². The summed E-state index contributed by atoms with van der Waals surface area (Å²) in [5, 5.41) is 15.0. The molecule has 0 radical (unpaired) electrons. The summed E-state index contributed by atoms with van der Waals surface area (Å²) in [5.74, 6) is -0.0603. The highest BCUT2D eigenvalue weighted by molar-refractivity contribution is 6.07. The molecule has 1 aliphatic rings. The lowest BCUT2D eigenvalue weighted by molar-refractivity contribution is 0.100. The van der Waals surface area contributed by atoms with Gasteiger partial charge in [-0.3, -0.25) is 15.2 Å². The van der Waals surface area contributed by atoms with Crippen LogP contribution in [0.5, 0.6) is 0 Å². The van der Waals surface area contributed by atoms with E-state index in [9.17, 15) is 4.79 Å². The summed E-state index contributed by atoms with van der Waals surface area (Å²) in [6, 6.07) is 10.4. The third-order valence-corrected chi connectivity index (χ3v) is 4.66. The number of aromatic nitrogens is 1. The van der Waals surface area contributed by atoms with Gasteiger partial charge in [0.15, 0.2) is 5.84 Å². The van der Waals surface area contributed by atoms with Crippen LogP contribution in [0, 0.1) is 5.41 Å². The quantitative estimate of drug-likeness (QED) is 0.398. The van der Waals surface area contributed by atoms with Gasteiger partial charge in [0.25, 0.3) is 0 Å². The number of amidine groups is 2. The van der Waals surface area contributed by atoms with E-state index in [1.807, 2.05) is 6.07 Å². The SMILES string of the molecule is N=C(N=C(N)C1(Nc2cccc(C(N)=O)c2)CCNCC1)c1ccncc1. The van der Waals surface area contributed by atoms with Crippen molar-refractivity contribution in [2.24, 2.45) is 16.5 Å². The molecule has 1 saturated heterocycles. The van der Waals surface area contributed by atoms with E-state index in [-0.39, 0.29) is 5.84 Å². The van der Waals surface area contributed by atoms with E-state index in [0.29, 0.717) is 29.8 Å². The Morgan fingerprint density at radius 3 is 2.52 bits per heavy atom. The standard InChI is InChI=1S/C19H23N7O/c20-16(13-4-8-23-9-5-13)25-18(22)19(6-10-24-11-7-19)26-15-3-1-2-14(12-15)17(21)27/h1-5,8-9,12,24,26H,6-7,10-11H2,(H2,21,27)(H3,20,22,25). The Morgan fingerprint density at radius 2 is 1.85 bits per heavy atom. The average molecular weight is 365 g/mol. The Morgan fingerprint density at radius 1 is 1.15 bits per heavy atom. The molecule has 8 heteroatoms. The summed E-state index contributed by atoms with van der Waals surface area (Å²) in [4.78, 5) is 19.8. The van der Waals surface area contributed by atoms with Crippen molar-refractivity contribution < 1.29 is 4.79 Å². The number of carbonyl (C=O) groups is 1. The fourth-order valence-corrected chi connectivity index (χ4v) is 3.13. The smallest absolute Gasteiger partial charge is 0.248 e. The first-order chi connectivity index (χ1) is 13.0. The summed E-state index contributed by atoms with van der Waals surface area (Å²) in [6.07, 6.45) is 4.63. The Balaban J connectivity index is 1.90. The topological polar surface area (TPSA) is 142 Å². The third-order valence-electron chi connectivity index (χ3n) is 4.66. The molecule has 8 nitrogen and oxygen atoms in total. The Kier molecular flexibility index (Phi) is 5.46. The largest absolute Gasteiger partial charge is 0.385 e. The van der Waals surface area contributed by atoms with Gasteiger partial charge in [-0.15, -0.1) is 0 Å². The molecule has 1 amide bonds. The lowest BCUT2D eigenvalue weighted by Crippen LogP contribution is -2.56. The van der Waals surface area contributed by atoms with Crippen molar-refractivity contribution in [3.63, 3.8) is 0 Å². The molecular weight excluding hydrogens is 342 g/mol. The normalized spacial score (nSPS) is 16.5. The molecule has 1 aliphatic heterocycles. The van der Waals surface area contributed by atoms with Crippen LogP contribution in [-0.4, -0.2) is 41.2 Å². The van der Waals surface area contributed by atoms with E-state index >= 15 is 0 Å². The molecule has 0 unspecified atom stereocenters. The van der Waals surface area contributed by atoms with Gasteiger partial charge in [-0.05, 0) is 56.3 Å². The third kappa shape index (κ3) is 4.29. The van der Waals surface area contributed by atoms with Crippen LogP contribution in [0.25, 0.3) is 0 Å². The number of hydrogen-bond acceptors (Lipinski definition) is 5. The molecular formula is C19H23N7O. The van der Waals surface area contributed by atoms with Crippen molar-refractivity contribution in [2.75, 3.05) is 18.4 Å². The lowest BCUT2D eigenvalue weighted by Gasteiger charge is -2.38. The summed E-state index contributed by atoms with van der Waals surface area (Å²) < 4.78 is 0. The predicted molar refractivity (Wildman–Crippen MR) is 106 cm³/mol. The van der Waals surface area contributed by atoms with Gasteiger partial charge in [-0.1, -0.05) is 6.07 Å². The van der Waals surface area contributed by atoms with Crippen LogP contribution in [0.2, 0.25) is 0 Å². The van der Waals surface area contributed by atoms with Gasteiger partial charge in [0.1, 0.15) is 5.84 Å². The van der Waals surface area contributed by atoms with Gasteiger partial charge in [-0.25, -0.2) is 4.99 Å². The highest BCUT2D eigenvalue weighted by Crippen LogP contribution is 2.26.